The average molecular weight is 230 g/mol. The van der Waals surface area contributed by atoms with E-state index < -0.39 is 0 Å². The molecule has 0 spiro atoms. The molecule has 2 aromatic rings. The number of aromatic nitrogens is 2. The first kappa shape index (κ1) is 11.3. The number of nitrogens with two attached hydrogens (primary N) is 1. The van der Waals surface area contributed by atoms with Crippen LogP contribution in [-0.2, 0) is 13.1 Å². The molecule has 0 radical (unpaired) electrons. The molecule has 0 amide bonds. The Bertz CT molecular complexity index is 568. The summed E-state index contributed by atoms with van der Waals surface area (Å²) in [6.45, 7) is 0.696. The standard InChI is InChI=1S/C12H11FN4/c13-12-2-1-9(4-14)3-11(12)8-17-7-10(5-15)6-16-17/h1-3,6-7H,5,8,15H2. The summed E-state index contributed by atoms with van der Waals surface area (Å²) in [5.41, 5.74) is 7.23. The van der Waals surface area contributed by atoms with Crippen LogP contribution < -0.4 is 5.73 Å². The molecule has 86 valence electrons. The first-order chi connectivity index (χ1) is 8.22. The second-order valence-corrected chi connectivity index (χ2v) is 3.67. The highest BCUT2D eigenvalue weighted by Gasteiger charge is 2.05. The molecule has 2 rings (SSSR count). The zero-order valence-corrected chi connectivity index (χ0v) is 9.10. The highest BCUT2D eigenvalue weighted by atomic mass is 19.1. The van der Waals surface area contributed by atoms with Crippen LogP contribution >= 0.6 is 0 Å². The van der Waals surface area contributed by atoms with Gasteiger partial charge in [-0.25, -0.2) is 4.39 Å². The van der Waals surface area contributed by atoms with Gasteiger partial charge in [0.25, 0.3) is 0 Å². The van der Waals surface area contributed by atoms with Crippen molar-refractivity contribution >= 4 is 0 Å². The lowest BCUT2D eigenvalue weighted by molar-refractivity contribution is 0.585. The normalized spacial score (nSPS) is 10.2. The fourth-order valence-corrected chi connectivity index (χ4v) is 1.54. The summed E-state index contributed by atoms with van der Waals surface area (Å²) < 4.78 is 15.1. The zero-order chi connectivity index (χ0) is 12.3. The first-order valence-corrected chi connectivity index (χ1v) is 5.13. The number of hydrogen-bond acceptors (Lipinski definition) is 3. The van der Waals surface area contributed by atoms with Crippen LogP contribution in [0.15, 0.2) is 30.6 Å². The largest absolute Gasteiger partial charge is 0.326 e. The summed E-state index contributed by atoms with van der Waals surface area (Å²) in [5, 5.41) is 12.8. The topological polar surface area (TPSA) is 67.6 Å². The molecule has 0 unspecified atom stereocenters. The van der Waals surface area contributed by atoms with E-state index in [4.69, 9.17) is 11.0 Å². The van der Waals surface area contributed by atoms with Gasteiger partial charge in [-0.2, -0.15) is 10.4 Å². The number of rotatable bonds is 3. The Balaban J connectivity index is 2.26. The van der Waals surface area contributed by atoms with Crippen LogP contribution in [0.3, 0.4) is 0 Å². The van der Waals surface area contributed by atoms with Gasteiger partial charge >= 0.3 is 0 Å². The average Bonchev–Trinajstić information content (AvgIpc) is 2.80. The Morgan fingerprint density at radius 3 is 2.94 bits per heavy atom. The van der Waals surface area contributed by atoms with Crippen molar-refractivity contribution in [2.75, 3.05) is 0 Å². The Labute approximate surface area is 98.1 Å². The molecule has 0 saturated heterocycles. The van der Waals surface area contributed by atoms with Gasteiger partial charge < -0.3 is 5.73 Å². The summed E-state index contributed by atoms with van der Waals surface area (Å²) in [5.74, 6) is -0.339. The monoisotopic (exact) mass is 230 g/mol. The van der Waals surface area contributed by atoms with Crippen LogP contribution in [0.5, 0.6) is 0 Å². The minimum Gasteiger partial charge on any atom is -0.326 e. The summed E-state index contributed by atoms with van der Waals surface area (Å²) in [4.78, 5) is 0. The predicted octanol–water partition coefficient (Wildman–Crippen LogP) is 1.40. The molecular formula is C12H11FN4. The van der Waals surface area contributed by atoms with Gasteiger partial charge in [0, 0.05) is 23.9 Å². The molecular weight excluding hydrogens is 219 g/mol. The molecule has 0 fully saturated rings. The molecule has 17 heavy (non-hydrogen) atoms. The van der Waals surface area contributed by atoms with Crippen molar-refractivity contribution in [1.29, 1.82) is 5.26 Å². The minimum atomic E-state index is -0.339. The van der Waals surface area contributed by atoms with Crippen LogP contribution in [0.25, 0.3) is 0 Å². The van der Waals surface area contributed by atoms with Gasteiger partial charge in [-0.1, -0.05) is 0 Å². The zero-order valence-electron chi connectivity index (χ0n) is 9.10. The number of hydrogen-bond donors (Lipinski definition) is 1. The molecule has 1 aromatic heterocycles. The molecule has 4 nitrogen and oxygen atoms in total. The van der Waals surface area contributed by atoms with Crippen molar-refractivity contribution in [3.63, 3.8) is 0 Å². The Morgan fingerprint density at radius 1 is 1.47 bits per heavy atom. The smallest absolute Gasteiger partial charge is 0.128 e. The highest BCUT2D eigenvalue weighted by Crippen LogP contribution is 2.11. The highest BCUT2D eigenvalue weighted by molar-refractivity contribution is 5.33. The van der Waals surface area contributed by atoms with Gasteiger partial charge in [0.05, 0.1) is 24.4 Å². The quantitative estimate of drug-likeness (QED) is 0.866. The fourth-order valence-electron chi connectivity index (χ4n) is 1.54. The van der Waals surface area contributed by atoms with Gasteiger partial charge in [-0.3, -0.25) is 4.68 Å². The lowest BCUT2D eigenvalue weighted by atomic mass is 10.1. The van der Waals surface area contributed by atoms with E-state index in [1.807, 2.05) is 6.07 Å². The van der Waals surface area contributed by atoms with Gasteiger partial charge in [-0.05, 0) is 18.2 Å². The van der Waals surface area contributed by atoms with Crippen LogP contribution in [-0.4, -0.2) is 9.78 Å². The van der Waals surface area contributed by atoms with Crippen molar-refractivity contribution in [2.45, 2.75) is 13.1 Å². The van der Waals surface area contributed by atoms with Crippen LogP contribution in [0.1, 0.15) is 16.7 Å². The third-order valence-electron chi connectivity index (χ3n) is 2.43. The van der Waals surface area contributed by atoms with Crippen LogP contribution in [0.2, 0.25) is 0 Å². The van der Waals surface area contributed by atoms with Gasteiger partial charge in [0.2, 0.25) is 0 Å². The molecule has 2 N–H and O–H groups in total. The van der Waals surface area contributed by atoms with Crippen molar-refractivity contribution in [1.82, 2.24) is 9.78 Å². The second kappa shape index (κ2) is 4.76. The summed E-state index contributed by atoms with van der Waals surface area (Å²) in [6, 6.07) is 6.25. The van der Waals surface area contributed by atoms with Crippen molar-refractivity contribution in [3.8, 4) is 6.07 Å². The van der Waals surface area contributed by atoms with Crippen molar-refractivity contribution < 1.29 is 4.39 Å². The summed E-state index contributed by atoms with van der Waals surface area (Å²) in [6.07, 6.45) is 3.41. The maximum atomic E-state index is 13.5. The van der Waals surface area contributed by atoms with E-state index in [9.17, 15) is 4.39 Å². The fraction of sp³-hybridized carbons (Fsp3) is 0.167. The maximum absolute atomic E-state index is 13.5. The number of nitriles is 1. The number of nitrogens with zero attached hydrogens (tertiary/aromatic N) is 3. The van der Waals surface area contributed by atoms with Crippen LogP contribution in [0, 0.1) is 17.1 Å². The molecule has 0 aliphatic rings. The van der Waals surface area contributed by atoms with Crippen LogP contribution in [0.4, 0.5) is 4.39 Å². The minimum absolute atomic E-state index is 0.293. The Morgan fingerprint density at radius 2 is 2.29 bits per heavy atom. The Hall–Kier alpha value is -2.19. The predicted molar refractivity (Wildman–Crippen MR) is 60.3 cm³/mol. The van der Waals surface area contributed by atoms with Crippen molar-refractivity contribution in [3.05, 3.63) is 53.1 Å². The third-order valence-corrected chi connectivity index (χ3v) is 2.43. The van der Waals surface area contributed by atoms with E-state index in [2.05, 4.69) is 5.10 Å². The van der Waals surface area contributed by atoms with Gasteiger partial charge in [0.15, 0.2) is 0 Å². The maximum Gasteiger partial charge on any atom is 0.128 e. The molecule has 0 bridgehead atoms. The van der Waals surface area contributed by atoms with E-state index in [1.54, 1.807) is 17.1 Å². The van der Waals surface area contributed by atoms with Gasteiger partial charge in [0.1, 0.15) is 5.82 Å². The third kappa shape index (κ3) is 2.49. The molecule has 1 aromatic carbocycles. The van der Waals surface area contributed by atoms with Crippen molar-refractivity contribution in [2.24, 2.45) is 5.73 Å². The lowest BCUT2D eigenvalue weighted by Crippen LogP contribution is -2.03. The summed E-state index contributed by atoms with van der Waals surface area (Å²) >= 11 is 0. The molecule has 0 aliphatic heterocycles. The lowest BCUT2D eigenvalue weighted by Gasteiger charge is -2.03. The molecule has 0 aliphatic carbocycles. The number of benzene rings is 1. The molecule has 0 atom stereocenters. The SMILES string of the molecule is N#Cc1ccc(F)c(Cn2cc(CN)cn2)c1. The summed E-state index contributed by atoms with van der Waals surface area (Å²) in [7, 11) is 0. The van der Waals surface area contributed by atoms with E-state index in [-0.39, 0.29) is 5.82 Å². The van der Waals surface area contributed by atoms with E-state index in [1.165, 1.54) is 18.2 Å². The molecule has 1 heterocycles. The molecule has 0 saturated carbocycles. The number of halogens is 1. The van der Waals surface area contributed by atoms with E-state index in [0.29, 0.717) is 24.2 Å². The van der Waals surface area contributed by atoms with E-state index >= 15 is 0 Å². The van der Waals surface area contributed by atoms with E-state index in [0.717, 1.165) is 5.56 Å². The second-order valence-electron chi connectivity index (χ2n) is 3.67. The Kier molecular flexibility index (Phi) is 3.17. The van der Waals surface area contributed by atoms with Gasteiger partial charge in [-0.15, -0.1) is 0 Å². The molecule has 5 heteroatoms. The first-order valence-electron chi connectivity index (χ1n) is 5.13.